The molecule has 2 rings (SSSR count). The predicted octanol–water partition coefficient (Wildman–Crippen LogP) is -0.280. The summed E-state index contributed by atoms with van der Waals surface area (Å²) in [5, 5.41) is 7.93. The maximum atomic E-state index is 12.0. The van der Waals surface area contributed by atoms with Crippen molar-refractivity contribution in [3.05, 3.63) is 26.7 Å². The number of fused-ring (bicyclic) bond motifs is 1. The molecule has 2 heterocycles. The van der Waals surface area contributed by atoms with E-state index in [-0.39, 0.29) is 16.6 Å². The second-order valence-corrected chi connectivity index (χ2v) is 5.26. The van der Waals surface area contributed by atoms with Crippen LogP contribution in [0.4, 0.5) is 0 Å². The second kappa shape index (κ2) is 3.72. The molecule has 0 unspecified atom stereocenters. The topological polar surface area (TPSA) is 82.7 Å². The lowest BCUT2D eigenvalue weighted by Gasteiger charge is -2.15. The van der Waals surface area contributed by atoms with Crippen LogP contribution in [0.25, 0.3) is 11.2 Å². The molecule has 0 aromatic carbocycles. The Balaban J connectivity index is 2.96. The molecule has 0 aliphatic heterocycles. The summed E-state index contributed by atoms with van der Waals surface area (Å²) in [6.45, 7) is 5.80. The molecule has 0 atom stereocenters. The van der Waals surface area contributed by atoms with Gasteiger partial charge < -0.3 is 0 Å². The van der Waals surface area contributed by atoms with Gasteiger partial charge in [-0.05, 0) is 0 Å². The fraction of sp³-hybridized carbons (Fsp3) is 0.545. The van der Waals surface area contributed by atoms with Crippen molar-refractivity contribution in [2.75, 3.05) is 0 Å². The van der Waals surface area contributed by atoms with Gasteiger partial charge in [-0.3, -0.25) is 13.9 Å². The quantitative estimate of drug-likeness (QED) is 0.641. The summed E-state index contributed by atoms with van der Waals surface area (Å²) in [5.41, 5.74) is -0.822. The third-order valence-corrected chi connectivity index (χ3v) is 2.74. The Morgan fingerprint density at radius 3 is 2.17 bits per heavy atom. The van der Waals surface area contributed by atoms with Gasteiger partial charge >= 0.3 is 5.69 Å². The highest BCUT2D eigenvalue weighted by molar-refractivity contribution is 5.67. The van der Waals surface area contributed by atoms with Crippen molar-refractivity contribution in [3.63, 3.8) is 0 Å². The van der Waals surface area contributed by atoms with Crippen molar-refractivity contribution < 1.29 is 0 Å². The Hall–Kier alpha value is -2.05. The van der Waals surface area contributed by atoms with Gasteiger partial charge in [0.15, 0.2) is 17.0 Å². The first kappa shape index (κ1) is 12.4. The normalized spacial score (nSPS) is 12.1. The van der Waals surface area contributed by atoms with Crippen LogP contribution < -0.4 is 11.2 Å². The minimum absolute atomic E-state index is 0.166. The number of nitrogens with zero attached hydrogens (tertiary/aromatic N) is 5. The van der Waals surface area contributed by atoms with Crippen LogP contribution in [0.2, 0.25) is 0 Å². The standard InChI is InChI=1S/C11H15N5O2/c1-11(2,3)9-12-6-7(13-14-9)15(4)10(18)16(5)8(6)17/h1-5H3. The van der Waals surface area contributed by atoms with Crippen LogP contribution in [-0.4, -0.2) is 24.3 Å². The number of rotatable bonds is 0. The van der Waals surface area contributed by atoms with Crippen LogP contribution in [0.5, 0.6) is 0 Å². The van der Waals surface area contributed by atoms with Crippen LogP contribution in [0.15, 0.2) is 9.59 Å². The molecule has 2 aromatic rings. The fourth-order valence-corrected chi connectivity index (χ4v) is 1.57. The minimum atomic E-state index is -0.450. The highest BCUT2D eigenvalue weighted by Gasteiger charge is 2.20. The molecular weight excluding hydrogens is 234 g/mol. The van der Waals surface area contributed by atoms with Crippen molar-refractivity contribution in [3.8, 4) is 0 Å². The zero-order valence-corrected chi connectivity index (χ0v) is 11.1. The van der Waals surface area contributed by atoms with Crippen LogP contribution >= 0.6 is 0 Å². The Morgan fingerprint density at radius 1 is 1.00 bits per heavy atom. The van der Waals surface area contributed by atoms with E-state index in [9.17, 15) is 9.59 Å². The van der Waals surface area contributed by atoms with E-state index in [4.69, 9.17) is 0 Å². The van der Waals surface area contributed by atoms with Crippen molar-refractivity contribution in [2.24, 2.45) is 14.1 Å². The van der Waals surface area contributed by atoms with Crippen molar-refractivity contribution in [1.29, 1.82) is 0 Å². The average Bonchev–Trinajstić information content (AvgIpc) is 2.32. The summed E-state index contributed by atoms with van der Waals surface area (Å²) in [6.07, 6.45) is 0. The lowest BCUT2D eigenvalue weighted by molar-refractivity contribution is 0.535. The van der Waals surface area contributed by atoms with Crippen molar-refractivity contribution in [2.45, 2.75) is 26.2 Å². The van der Waals surface area contributed by atoms with Crippen LogP contribution in [0, 0.1) is 0 Å². The summed E-state index contributed by atoms with van der Waals surface area (Å²) >= 11 is 0. The largest absolute Gasteiger partial charge is 0.332 e. The van der Waals surface area contributed by atoms with Gasteiger partial charge in [0.1, 0.15) is 0 Å². The summed E-state index contributed by atoms with van der Waals surface area (Å²) in [4.78, 5) is 28.0. The smallest absolute Gasteiger partial charge is 0.278 e. The van der Waals surface area contributed by atoms with Gasteiger partial charge in [-0.1, -0.05) is 20.8 Å². The summed E-state index contributed by atoms with van der Waals surface area (Å²) < 4.78 is 2.28. The molecule has 0 saturated heterocycles. The molecule has 0 spiro atoms. The summed E-state index contributed by atoms with van der Waals surface area (Å²) in [6, 6.07) is 0. The third-order valence-electron chi connectivity index (χ3n) is 2.74. The summed E-state index contributed by atoms with van der Waals surface area (Å²) in [7, 11) is 2.96. The molecule has 18 heavy (non-hydrogen) atoms. The first-order chi connectivity index (χ1) is 8.23. The maximum Gasteiger partial charge on any atom is 0.332 e. The van der Waals surface area contributed by atoms with Crippen molar-refractivity contribution in [1.82, 2.24) is 24.3 Å². The molecular formula is C11H15N5O2. The number of hydrogen-bond donors (Lipinski definition) is 0. The predicted molar refractivity (Wildman–Crippen MR) is 66.5 cm³/mol. The Bertz CT molecular complexity index is 736. The number of aromatic nitrogens is 5. The van der Waals surface area contributed by atoms with E-state index in [2.05, 4.69) is 15.2 Å². The number of hydrogen-bond acceptors (Lipinski definition) is 5. The molecule has 96 valence electrons. The Morgan fingerprint density at radius 2 is 1.61 bits per heavy atom. The van der Waals surface area contributed by atoms with Crippen LogP contribution in [0.3, 0.4) is 0 Å². The van der Waals surface area contributed by atoms with E-state index in [1.54, 1.807) is 0 Å². The lowest BCUT2D eigenvalue weighted by atomic mass is 9.96. The van der Waals surface area contributed by atoms with Gasteiger partial charge in [-0.25, -0.2) is 9.78 Å². The molecule has 7 nitrogen and oxygen atoms in total. The highest BCUT2D eigenvalue weighted by Crippen LogP contribution is 2.17. The van der Waals surface area contributed by atoms with Gasteiger partial charge in [-0.2, -0.15) is 0 Å². The minimum Gasteiger partial charge on any atom is -0.278 e. The molecule has 0 aliphatic rings. The molecule has 7 heteroatoms. The maximum absolute atomic E-state index is 12.0. The molecule has 0 radical (unpaired) electrons. The molecule has 0 bridgehead atoms. The molecule has 0 N–H and O–H groups in total. The highest BCUT2D eigenvalue weighted by atomic mass is 16.2. The van der Waals surface area contributed by atoms with Gasteiger partial charge in [0, 0.05) is 19.5 Å². The number of aryl methyl sites for hydroxylation is 1. The molecule has 0 fully saturated rings. The Labute approximate surface area is 103 Å². The van der Waals surface area contributed by atoms with Crippen LogP contribution in [0.1, 0.15) is 26.6 Å². The van der Waals surface area contributed by atoms with E-state index in [1.807, 2.05) is 20.8 Å². The van der Waals surface area contributed by atoms with E-state index in [0.717, 1.165) is 4.57 Å². The van der Waals surface area contributed by atoms with E-state index in [1.165, 1.54) is 18.7 Å². The Kier molecular flexibility index (Phi) is 2.57. The van der Waals surface area contributed by atoms with E-state index >= 15 is 0 Å². The lowest BCUT2D eigenvalue weighted by Crippen LogP contribution is -2.38. The zero-order chi connectivity index (χ0) is 13.7. The van der Waals surface area contributed by atoms with Gasteiger partial charge in [-0.15, -0.1) is 10.2 Å². The first-order valence-corrected chi connectivity index (χ1v) is 5.54. The molecule has 0 amide bonds. The van der Waals surface area contributed by atoms with E-state index < -0.39 is 11.2 Å². The van der Waals surface area contributed by atoms with Gasteiger partial charge in [0.25, 0.3) is 5.56 Å². The second-order valence-electron chi connectivity index (χ2n) is 5.26. The first-order valence-electron chi connectivity index (χ1n) is 5.54. The average molecular weight is 249 g/mol. The van der Waals surface area contributed by atoms with Gasteiger partial charge in [0.2, 0.25) is 0 Å². The molecule has 0 saturated carbocycles. The van der Waals surface area contributed by atoms with Crippen LogP contribution in [-0.2, 0) is 19.5 Å². The SMILES string of the molecule is Cn1c(=O)c2nc(C(C)(C)C)nnc2n(C)c1=O. The van der Waals surface area contributed by atoms with E-state index in [0.29, 0.717) is 5.82 Å². The van der Waals surface area contributed by atoms with Crippen molar-refractivity contribution >= 4 is 11.2 Å². The molecule has 2 aromatic heterocycles. The van der Waals surface area contributed by atoms with Gasteiger partial charge in [0.05, 0.1) is 0 Å². The monoisotopic (exact) mass is 249 g/mol. The molecule has 0 aliphatic carbocycles. The summed E-state index contributed by atoms with van der Waals surface area (Å²) in [5.74, 6) is 0.478. The fourth-order valence-electron chi connectivity index (χ4n) is 1.57. The zero-order valence-electron chi connectivity index (χ0n) is 11.1. The third kappa shape index (κ3) is 1.71.